The molecule has 6 heteroatoms. The van der Waals surface area contributed by atoms with Crippen LogP contribution in [0.3, 0.4) is 0 Å². The first-order valence-electron chi connectivity index (χ1n) is 18.2. The monoisotopic (exact) mass is 695 g/mol. The summed E-state index contributed by atoms with van der Waals surface area (Å²) in [4.78, 5) is 5.06. The molecule has 0 amide bonds. The molecule has 0 radical (unpaired) electrons. The average molecular weight is 696 g/mol. The van der Waals surface area contributed by atoms with Gasteiger partial charge < -0.3 is 12.8 Å². The molecule has 0 bridgehead atoms. The van der Waals surface area contributed by atoms with Gasteiger partial charge in [0.05, 0.1) is 12.3 Å². The van der Waals surface area contributed by atoms with E-state index in [4.69, 9.17) is 22.3 Å². The van der Waals surface area contributed by atoms with Crippen LogP contribution in [0.5, 0.6) is 0 Å². The number of rotatable bonds is 4. The number of oxazole rings is 1. The number of nitrogens with zero attached hydrogens (tertiary/aromatic N) is 1. The Morgan fingerprint density at radius 2 is 1.22 bits per heavy atom. The molecule has 0 unspecified atom stereocenters. The van der Waals surface area contributed by atoms with Crippen LogP contribution in [0.2, 0.25) is 0 Å². The molecule has 2 heterocycles. The Morgan fingerprint density at radius 3 is 1.68 bits per heavy atom. The first-order valence-corrected chi connectivity index (χ1v) is 19.3. The van der Waals surface area contributed by atoms with Crippen molar-refractivity contribution in [2.24, 2.45) is 5.41 Å². The van der Waals surface area contributed by atoms with E-state index < -0.39 is 8.24 Å². The first kappa shape index (κ1) is 36.5. The third-order valence-corrected chi connectivity index (χ3v) is 11.1. The van der Waals surface area contributed by atoms with Crippen LogP contribution in [-0.2, 0) is 28.1 Å². The molecular formula is C44H58NO4P. The Morgan fingerprint density at radius 1 is 0.720 bits per heavy atom. The van der Waals surface area contributed by atoms with Gasteiger partial charge in [-0.25, -0.2) is 4.98 Å². The Hall–Kier alpha value is -3.27. The summed E-state index contributed by atoms with van der Waals surface area (Å²) in [6.07, 6.45) is 1.78. The van der Waals surface area contributed by atoms with Crippen molar-refractivity contribution in [3.8, 4) is 11.5 Å². The predicted molar refractivity (Wildman–Crippen MR) is 209 cm³/mol. The molecule has 5 aromatic rings. The van der Waals surface area contributed by atoms with Crippen LogP contribution in [0, 0.1) is 5.41 Å². The van der Waals surface area contributed by atoms with Crippen molar-refractivity contribution in [3.05, 3.63) is 88.3 Å². The van der Waals surface area contributed by atoms with Gasteiger partial charge >= 0.3 is 8.24 Å². The third kappa shape index (κ3) is 7.37. The second-order valence-corrected chi connectivity index (χ2v) is 20.5. The second-order valence-electron chi connectivity index (χ2n) is 19.4. The molecule has 0 fully saturated rings. The molecule has 0 spiro atoms. The molecule has 0 saturated carbocycles. The molecule has 5 nitrogen and oxygen atoms in total. The van der Waals surface area contributed by atoms with Crippen molar-refractivity contribution in [1.29, 1.82) is 0 Å². The average Bonchev–Trinajstić information content (AvgIpc) is 3.33. The molecule has 0 saturated heterocycles. The summed E-state index contributed by atoms with van der Waals surface area (Å²) in [6, 6.07) is 19.5. The molecule has 1 aliphatic rings. The number of fused-ring (bicyclic) bond motifs is 4. The van der Waals surface area contributed by atoms with Gasteiger partial charge in [-0.15, -0.1) is 0 Å². The standard InChI is InChI=1S/C44H58NO4P/c1-40(2,3)29-20-31-32-21-30(41(4,5)6)23-34(43(10,11)12)38(32)49-50(48-37(31)33(22-29)42(7,8)9)46-26-28-24-44(13,14)25-35-36(28)45-39(47-35)27-18-16-15-17-19-27/h15-23,28H,24-26H2,1-14H3/t28-/m1/s1. The molecule has 50 heavy (non-hydrogen) atoms. The van der Waals surface area contributed by atoms with E-state index in [1.165, 1.54) is 11.1 Å². The van der Waals surface area contributed by atoms with Gasteiger partial charge in [-0.05, 0) is 68.9 Å². The fourth-order valence-corrected chi connectivity index (χ4v) is 8.26. The highest BCUT2D eigenvalue weighted by Gasteiger charge is 2.37. The fraction of sp³-hybridized carbons (Fsp3) is 0.523. The third-order valence-electron chi connectivity index (χ3n) is 10.1. The number of benzene rings is 3. The number of hydrogen-bond donors (Lipinski definition) is 0. The van der Waals surface area contributed by atoms with Crippen LogP contribution < -0.4 is 4.52 Å². The molecule has 0 aliphatic heterocycles. The van der Waals surface area contributed by atoms with Crippen LogP contribution in [0.4, 0.5) is 0 Å². The van der Waals surface area contributed by atoms with E-state index in [0.717, 1.165) is 62.9 Å². The van der Waals surface area contributed by atoms with Gasteiger partial charge in [0.2, 0.25) is 5.89 Å². The maximum absolute atomic E-state index is 7.04. The van der Waals surface area contributed by atoms with Gasteiger partial charge in [0.1, 0.15) is 16.9 Å². The maximum atomic E-state index is 7.04. The van der Waals surface area contributed by atoms with Crippen molar-refractivity contribution in [2.75, 3.05) is 6.61 Å². The molecule has 0 N–H and O–H groups in total. The van der Waals surface area contributed by atoms with E-state index in [2.05, 4.69) is 133 Å². The first-order chi connectivity index (χ1) is 23.0. The van der Waals surface area contributed by atoms with Crippen molar-refractivity contribution in [1.82, 2.24) is 4.98 Å². The zero-order valence-electron chi connectivity index (χ0n) is 32.9. The van der Waals surface area contributed by atoms with Crippen LogP contribution in [0.25, 0.3) is 33.4 Å². The topological polar surface area (TPSA) is 61.5 Å². The van der Waals surface area contributed by atoms with Gasteiger partial charge in [-0.1, -0.05) is 127 Å². The van der Waals surface area contributed by atoms with E-state index in [-0.39, 0.29) is 33.0 Å². The van der Waals surface area contributed by atoms with Crippen LogP contribution in [0.15, 0.2) is 67.4 Å². The summed E-state index contributed by atoms with van der Waals surface area (Å²) in [5.41, 5.74) is 8.15. The highest BCUT2D eigenvalue weighted by Crippen LogP contribution is 2.47. The van der Waals surface area contributed by atoms with Crippen molar-refractivity contribution in [2.45, 2.75) is 137 Å². The largest absolute Gasteiger partial charge is 0.441 e. The van der Waals surface area contributed by atoms with Gasteiger partial charge in [0, 0.05) is 39.8 Å². The summed E-state index contributed by atoms with van der Waals surface area (Å²) >= 11 is 0. The molecule has 6 rings (SSSR count). The van der Waals surface area contributed by atoms with Crippen LogP contribution >= 0.6 is 8.24 Å². The SMILES string of the molecule is CC1(C)Cc2oc(-c3ccccc3)nc2[C@@H](COp2oc3c(C(C)(C)C)cc(C(C)(C)C)cc3c3cc(C(C)(C)C)cc(C(C)(C)C)c3o2)C1. The van der Waals surface area contributed by atoms with E-state index in [1.54, 1.807) is 0 Å². The Kier molecular flexibility index (Phi) is 9.09. The lowest BCUT2D eigenvalue weighted by Gasteiger charge is -2.32. The summed E-state index contributed by atoms with van der Waals surface area (Å²) in [7, 11) is -1.81. The smallest absolute Gasteiger partial charge is 0.387 e. The van der Waals surface area contributed by atoms with Gasteiger partial charge in [0.25, 0.3) is 0 Å². The van der Waals surface area contributed by atoms with Crippen molar-refractivity contribution < 1.29 is 17.3 Å². The maximum Gasteiger partial charge on any atom is 0.387 e. The van der Waals surface area contributed by atoms with Crippen LogP contribution in [-0.4, -0.2) is 11.6 Å². The minimum atomic E-state index is -1.81. The van der Waals surface area contributed by atoms with Crippen molar-refractivity contribution in [3.63, 3.8) is 0 Å². The minimum absolute atomic E-state index is 0.0394. The molecule has 3 aromatic carbocycles. The molecule has 2 aromatic heterocycles. The fourth-order valence-electron chi connectivity index (χ4n) is 7.13. The lowest BCUT2D eigenvalue weighted by Crippen LogP contribution is -2.28. The Bertz CT molecular complexity index is 1980. The van der Waals surface area contributed by atoms with Gasteiger partial charge in [0.15, 0.2) is 0 Å². The molecule has 1 atom stereocenters. The summed E-state index contributed by atoms with van der Waals surface area (Å²) in [6.45, 7) is 32.3. The molecular weight excluding hydrogens is 637 g/mol. The Labute approximate surface area is 300 Å². The Balaban J connectivity index is 1.59. The van der Waals surface area contributed by atoms with E-state index in [9.17, 15) is 0 Å². The normalized spacial score (nSPS) is 17.0. The highest BCUT2D eigenvalue weighted by molar-refractivity contribution is 7.31. The zero-order chi connectivity index (χ0) is 36.6. The zero-order valence-corrected chi connectivity index (χ0v) is 33.8. The summed E-state index contributed by atoms with van der Waals surface area (Å²) < 4.78 is 27.4. The summed E-state index contributed by atoms with van der Waals surface area (Å²) in [5.74, 6) is 1.67. The van der Waals surface area contributed by atoms with E-state index in [0.29, 0.717) is 12.5 Å². The molecule has 1 aliphatic carbocycles. The van der Waals surface area contributed by atoms with Gasteiger partial charge in [-0.2, -0.15) is 0 Å². The quantitative estimate of drug-likeness (QED) is 0.187. The predicted octanol–water partition coefficient (Wildman–Crippen LogP) is 13.3. The number of aromatic nitrogens is 1. The lowest BCUT2D eigenvalue weighted by atomic mass is 9.73. The van der Waals surface area contributed by atoms with E-state index in [1.807, 2.05) is 18.2 Å². The molecule has 268 valence electrons. The summed E-state index contributed by atoms with van der Waals surface area (Å²) in [5, 5.41) is 2.15. The minimum Gasteiger partial charge on any atom is -0.441 e. The number of hydrogen-bond acceptors (Lipinski definition) is 5. The lowest BCUT2D eigenvalue weighted by molar-refractivity contribution is 0.217. The second kappa shape index (κ2) is 12.4. The van der Waals surface area contributed by atoms with Crippen molar-refractivity contribution >= 4 is 30.2 Å². The highest BCUT2D eigenvalue weighted by atomic mass is 31.1. The van der Waals surface area contributed by atoms with Gasteiger partial charge in [-0.3, -0.25) is 4.52 Å². The van der Waals surface area contributed by atoms with Crippen LogP contribution in [0.1, 0.15) is 143 Å². The van der Waals surface area contributed by atoms with E-state index >= 15 is 0 Å².